The zero-order valence-corrected chi connectivity index (χ0v) is 15.1. The van der Waals surface area contributed by atoms with Crippen LogP contribution in [0.2, 0.25) is 5.02 Å². The Labute approximate surface area is 142 Å². The second-order valence-electron chi connectivity index (χ2n) is 6.56. The molecule has 1 aromatic rings. The average molecular weight is 345 g/mol. The number of carbonyl (C=O) groups is 1. The Morgan fingerprint density at radius 3 is 2.70 bits per heavy atom. The van der Waals surface area contributed by atoms with E-state index in [-0.39, 0.29) is 12.0 Å². The van der Waals surface area contributed by atoms with Crippen molar-refractivity contribution in [1.82, 2.24) is 19.6 Å². The zero-order chi connectivity index (χ0) is 17.2. The first-order chi connectivity index (χ1) is 10.7. The topological polar surface area (TPSA) is 59.8 Å². The Morgan fingerprint density at radius 1 is 1.52 bits per heavy atom. The van der Waals surface area contributed by atoms with Crippen molar-refractivity contribution in [2.75, 3.05) is 33.8 Å². The number of ether oxygens (including phenoxy) is 2. The second kappa shape index (κ2) is 7.17. The molecule has 1 amide bonds. The second-order valence-corrected chi connectivity index (χ2v) is 6.97. The summed E-state index contributed by atoms with van der Waals surface area (Å²) in [5, 5.41) is 4.87. The lowest BCUT2D eigenvalue weighted by atomic mass is 10.3. The Bertz CT molecular complexity index is 559. The first kappa shape index (κ1) is 18.2. The molecule has 0 unspecified atom stereocenters. The molecule has 1 saturated heterocycles. The summed E-state index contributed by atoms with van der Waals surface area (Å²) in [5.41, 5.74) is 0.680. The Hall–Kier alpha value is -1.15. The molecule has 1 aliphatic rings. The molecule has 0 aromatic carbocycles. The average Bonchev–Trinajstić information content (AvgIpc) is 2.90. The highest BCUT2D eigenvalue weighted by Gasteiger charge is 2.34. The molecular formula is C15H25ClN4O3. The van der Waals surface area contributed by atoms with E-state index in [1.54, 1.807) is 22.8 Å². The normalized spacial score (nSPS) is 20.2. The molecule has 0 saturated carbocycles. The zero-order valence-electron chi connectivity index (χ0n) is 14.4. The van der Waals surface area contributed by atoms with E-state index in [9.17, 15) is 4.79 Å². The van der Waals surface area contributed by atoms with Crippen LogP contribution in [-0.2, 0) is 27.9 Å². The molecule has 1 aromatic heterocycles. The largest absolute Gasteiger partial charge is 0.348 e. The minimum Gasteiger partial charge on any atom is -0.348 e. The van der Waals surface area contributed by atoms with Gasteiger partial charge in [-0.25, -0.2) is 0 Å². The van der Waals surface area contributed by atoms with Gasteiger partial charge >= 0.3 is 0 Å². The fraction of sp³-hybridized carbons (Fsp3) is 0.733. The highest BCUT2D eigenvalue weighted by Crippen LogP contribution is 2.24. The monoisotopic (exact) mass is 344 g/mol. The molecule has 2 heterocycles. The maximum atomic E-state index is 12.5. The van der Waals surface area contributed by atoms with Crippen LogP contribution in [0, 0.1) is 0 Å². The lowest BCUT2D eigenvalue weighted by molar-refractivity contribution is -0.147. The summed E-state index contributed by atoms with van der Waals surface area (Å²) in [6, 6.07) is 0. The van der Waals surface area contributed by atoms with Crippen LogP contribution < -0.4 is 0 Å². The van der Waals surface area contributed by atoms with Crippen LogP contribution in [-0.4, -0.2) is 71.2 Å². The molecule has 0 bridgehead atoms. The molecule has 7 nitrogen and oxygen atoms in total. The summed E-state index contributed by atoms with van der Waals surface area (Å²) in [5.74, 6) is -0.603. The van der Waals surface area contributed by atoms with Crippen molar-refractivity contribution in [1.29, 1.82) is 0 Å². The summed E-state index contributed by atoms with van der Waals surface area (Å²) in [6.45, 7) is 5.33. The highest BCUT2D eigenvalue weighted by molar-refractivity contribution is 6.31. The van der Waals surface area contributed by atoms with Crippen LogP contribution >= 0.6 is 11.6 Å². The molecule has 23 heavy (non-hydrogen) atoms. The van der Waals surface area contributed by atoms with Gasteiger partial charge in [0, 0.05) is 19.8 Å². The molecule has 8 heteroatoms. The van der Waals surface area contributed by atoms with Gasteiger partial charge < -0.3 is 19.3 Å². The lowest BCUT2D eigenvalue weighted by Gasteiger charge is -2.26. The Kier molecular flexibility index (Phi) is 5.67. The van der Waals surface area contributed by atoms with E-state index in [4.69, 9.17) is 21.1 Å². The van der Waals surface area contributed by atoms with Gasteiger partial charge in [-0.15, -0.1) is 0 Å². The van der Waals surface area contributed by atoms with Crippen molar-refractivity contribution in [3.63, 3.8) is 0 Å². The predicted molar refractivity (Wildman–Crippen MR) is 87.1 cm³/mol. The van der Waals surface area contributed by atoms with Gasteiger partial charge in [-0.3, -0.25) is 9.48 Å². The standard InChI is InChI=1S/C15H25ClN4O3/c1-15(2)22-10-11(23-15)6-20(14(21)9-18(3)4)8-13-12(16)7-19(5)17-13/h7,11H,6,8-10H2,1-5H3/t11-/m1/s1. The minimum atomic E-state index is -0.608. The van der Waals surface area contributed by atoms with Crippen LogP contribution in [0.25, 0.3) is 0 Å². The molecule has 0 aliphatic carbocycles. The van der Waals surface area contributed by atoms with Gasteiger partial charge in [0.15, 0.2) is 5.79 Å². The molecular weight excluding hydrogens is 320 g/mol. The van der Waals surface area contributed by atoms with Crippen LogP contribution in [0.3, 0.4) is 0 Å². The molecule has 0 spiro atoms. The van der Waals surface area contributed by atoms with E-state index in [0.717, 1.165) is 0 Å². The van der Waals surface area contributed by atoms with Gasteiger partial charge in [0.25, 0.3) is 0 Å². The molecule has 0 radical (unpaired) electrons. The number of carbonyl (C=O) groups excluding carboxylic acids is 1. The van der Waals surface area contributed by atoms with E-state index < -0.39 is 5.79 Å². The van der Waals surface area contributed by atoms with Gasteiger partial charge in [0.1, 0.15) is 11.8 Å². The fourth-order valence-electron chi connectivity index (χ4n) is 2.52. The number of likely N-dealkylation sites (N-methyl/N-ethyl adjacent to an activating group) is 1. The van der Waals surface area contributed by atoms with Crippen LogP contribution in [0.1, 0.15) is 19.5 Å². The maximum absolute atomic E-state index is 12.5. The number of amides is 1. The number of aryl methyl sites for hydroxylation is 1. The van der Waals surface area contributed by atoms with Gasteiger partial charge in [-0.05, 0) is 27.9 Å². The van der Waals surface area contributed by atoms with E-state index in [2.05, 4.69) is 5.10 Å². The fourth-order valence-corrected chi connectivity index (χ4v) is 2.76. The third kappa shape index (κ3) is 5.17. The van der Waals surface area contributed by atoms with Gasteiger partial charge in [0.05, 0.1) is 24.7 Å². The molecule has 1 aliphatic heterocycles. The molecule has 130 valence electrons. The van der Waals surface area contributed by atoms with E-state index in [1.807, 2.05) is 32.8 Å². The van der Waals surface area contributed by atoms with Crippen molar-refractivity contribution in [3.05, 3.63) is 16.9 Å². The van der Waals surface area contributed by atoms with E-state index in [1.165, 1.54) is 0 Å². The number of hydrogen-bond donors (Lipinski definition) is 0. The number of nitrogens with zero attached hydrogens (tertiary/aromatic N) is 4. The number of rotatable bonds is 6. The SMILES string of the molecule is CN(C)CC(=O)N(Cc1nn(C)cc1Cl)C[C@@H]1COC(C)(C)O1. The Morgan fingerprint density at radius 2 is 2.22 bits per heavy atom. The third-order valence-electron chi connectivity index (χ3n) is 3.49. The van der Waals surface area contributed by atoms with Crippen molar-refractivity contribution >= 4 is 17.5 Å². The first-order valence-corrected chi connectivity index (χ1v) is 7.96. The van der Waals surface area contributed by atoms with Gasteiger partial charge in [0.2, 0.25) is 5.91 Å². The third-order valence-corrected chi connectivity index (χ3v) is 3.81. The number of hydrogen-bond acceptors (Lipinski definition) is 5. The van der Waals surface area contributed by atoms with Crippen molar-refractivity contribution in [2.45, 2.75) is 32.3 Å². The van der Waals surface area contributed by atoms with Crippen LogP contribution in [0.15, 0.2) is 6.20 Å². The molecule has 1 atom stereocenters. The summed E-state index contributed by atoms with van der Waals surface area (Å²) in [7, 11) is 5.53. The first-order valence-electron chi connectivity index (χ1n) is 7.58. The summed E-state index contributed by atoms with van der Waals surface area (Å²) in [6.07, 6.45) is 1.57. The van der Waals surface area contributed by atoms with E-state index >= 15 is 0 Å². The number of halogens is 1. The molecule has 2 rings (SSSR count). The maximum Gasteiger partial charge on any atom is 0.237 e. The van der Waals surface area contributed by atoms with Gasteiger partial charge in [-0.1, -0.05) is 11.6 Å². The van der Waals surface area contributed by atoms with Crippen LogP contribution in [0.5, 0.6) is 0 Å². The van der Waals surface area contributed by atoms with Crippen molar-refractivity contribution in [3.8, 4) is 0 Å². The quantitative estimate of drug-likeness (QED) is 0.774. The van der Waals surface area contributed by atoms with E-state index in [0.29, 0.717) is 37.0 Å². The smallest absolute Gasteiger partial charge is 0.237 e. The highest BCUT2D eigenvalue weighted by atomic mass is 35.5. The van der Waals surface area contributed by atoms with Crippen LogP contribution in [0.4, 0.5) is 0 Å². The summed E-state index contributed by atoms with van der Waals surface area (Å²) < 4.78 is 13.0. The van der Waals surface area contributed by atoms with Gasteiger partial charge in [-0.2, -0.15) is 5.10 Å². The summed E-state index contributed by atoms with van der Waals surface area (Å²) in [4.78, 5) is 16.1. The minimum absolute atomic E-state index is 0.00465. The lowest BCUT2D eigenvalue weighted by Crippen LogP contribution is -2.42. The summed E-state index contributed by atoms with van der Waals surface area (Å²) >= 11 is 6.17. The van der Waals surface area contributed by atoms with Crippen molar-refractivity contribution < 1.29 is 14.3 Å². The predicted octanol–water partition coefficient (Wildman–Crippen LogP) is 1.12. The van der Waals surface area contributed by atoms with Crippen molar-refractivity contribution in [2.24, 2.45) is 7.05 Å². The molecule has 1 fully saturated rings. The molecule has 0 N–H and O–H groups in total. The number of aromatic nitrogens is 2. The Balaban J connectivity index is 2.08.